The van der Waals surface area contributed by atoms with E-state index in [1.54, 1.807) is 7.11 Å². The van der Waals surface area contributed by atoms with Gasteiger partial charge in [-0.3, -0.25) is 0 Å². The van der Waals surface area contributed by atoms with Gasteiger partial charge < -0.3 is 10.1 Å². The molecule has 0 aromatic carbocycles. The van der Waals surface area contributed by atoms with Gasteiger partial charge in [-0.2, -0.15) is 11.8 Å². The molecule has 0 saturated heterocycles. The lowest BCUT2D eigenvalue weighted by molar-refractivity contribution is 0.141. The molecule has 0 aliphatic heterocycles. The molecular weight excluding hydrogens is 230 g/mol. The van der Waals surface area contributed by atoms with Crippen LogP contribution in [0.3, 0.4) is 0 Å². The van der Waals surface area contributed by atoms with Crippen molar-refractivity contribution in [3.8, 4) is 0 Å². The second-order valence-corrected chi connectivity index (χ2v) is 6.84. The first kappa shape index (κ1) is 13.7. The van der Waals surface area contributed by atoms with E-state index in [0.29, 0.717) is 5.41 Å². The summed E-state index contributed by atoms with van der Waals surface area (Å²) < 4.78 is 5.12. The van der Waals surface area contributed by atoms with Gasteiger partial charge in [-0.15, -0.1) is 0 Å². The normalized spacial score (nSPS) is 35.6. The number of fused-ring (bicyclic) bond motifs is 2. The second kappa shape index (κ2) is 6.44. The molecule has 2 rings (SSSR count). The van der Waals surface area contributed by atoms with Crippen molar-refractivity contribution in [2.24, 2.45) is 17.3 Å². The lowest BCUT2D eigenvalue weighted by Gasteiger charge is -2.38. The largest absolute Gasteiger partial charge is 0.383 e. The summed E-state index contributed by atoms with van der Waals surface area (Å²) in [5.74, 6) is 3.38. The molecule has 2 aliphatic rings. The highest BCUT2D eigenvalue weighted by molar-refractivity contribution is 7.98. The Morgan fingerprint density at radius 1 is 1.41 bits per heavy atom. The van der Waals surface area contributed by atoms with Crippen molar-refractivity contribution in [2.75, 3.05) is 38.8 Å². The topological polar surface area (TPSA) is 21.3 Å². The van der Waals surface area contributed by atoms with Crippen LogP contribution in [0.25, 0.3) is 0 Å². The Labute approximate surface area is 110 Å². The van der Waals surface area contributed by atoms with Gasteiger partial charge in [-0.05, 0) is 54.9 Å². The highest BCUT2D eigenvalue weighted by Gasteiger charge is 2.49. The van der Waals surface area contributed by atoms with E-state index in [1.165, 1.54) is 44.4 Å². The molecule has 1 N–H and O–H groups in total. The van der Waals surface area contributed by atoms with Crippen molar-refractivity contribution in [3.63, 3.8) is 0 Å². The molecule has 2 saturated carbocycles. The van der Waals surface area contributed by atoms with Gasteiger partial charge in [-0.1, -0.05) is 6.42 Å². The average Bonchev–Trinajstić information content (AvgIpc) is 2.93. The molecule has 0 heterocycles. The maximum absolute atomic E-state index is 5.12. The first-order chi connectivity index (χ1) is 8.30. The minimum absolute atomic E-state index is 0.625. The summed E-state index contributed by atoms with van der Waals surface area (Å²) in [7, 11) is 1.78. The smallest absolute Gasteiger partial charge is 0.0587 e. The Morgan fingerprint density at radius 2 is 2.29 bits per heavy atom. The molecule has 17 heavy (non-hydrogen) atoms. The molecule has 100 valence electrons. The van der Waals surface area contributed by atoms with Crippen molar-refractivity contribution in [1.82, 2.24) is 5.32 Å². The van der Waals surface area contributed by atoms with Crippen LogP contribution >= 0.6 is 11.8 Å². The van der Waals surface area contributed by atoms with E-state index < -0.39 is 0 Å². The third-order valence-electron chi connectivity index (χ3n) is 4.87. The van der Waals surface area contributed by atoms with E-state index in [1.807, 2.05) is 11.8 Å². The van der Waals surface area contributed by atoms with Gasteiger partial charge in [0.05, 0.1) is 6.61 Å². The highest BCUT2D eigenvalue weighted by Crippen LogP contribution is 2.57. The number of hydrogen-bond acceptors (Lipinski definition) is 3. The molecule has 2 fully saturated rings. The maximum atomic E-state index is 5.12. The maximum Gasteiger partial charge on any atom is 0.0587 e. The first-order valence-electron chi connectivity index (χ1n) is 6.99. The summed E-state index contributed by atoms with van der Waals surface area (Å²) in [6.07, 6.45) is 9.64. The third kappa shape index (κ3) is 3.18. The third-order valence-corrected chi connectivity index (χ3v) is 5.48. The molecule has 2 bridgehead atoms. The first-order valence-corrected chi connectivity index (χ1v) is 8.39. The summed E-state index contributed by atoms with van der Waals surface area (Å²) in [5, 5.41) is 3.63. The predicted octanol–water partition coefficient (Wildman–Crippen LogP) is 2.78. The van der Waals surface area contributed by atoms with Crippen molar-refractivity contribution in [1.29, 1.82) is 0 Å². The molecule has 0 aromatic heterocycles. The van der Waals surface area contributed by atoms with Gasteiger partial charge in [0.2, 0.25) is 0 Å². The quantitative estimate of drug-likeness (QED) is 0.676. The van der Waals surface area contributed by atoms with Gasteiger partial charge >= 0.3 is 0 Å². The van der Waals surface area contributed by atoms with E-state index in [9.17, 15) is 0 Å². The Hall–Kier alpha value is 0.270. The zero-order valence-electron chi connectivity index (χ0n) is 11.3. The predicted molar refractivity (Wildman–Crippen MR) is 75.6 cm³/mol. The number of hydrogen-bond donors (Lipinski definition) is 1. The van der Waals surface area contributed by atoms with Crippen molar-refractivity contribution < 1.29 is 4.74 Å². The molecule has 0 spiro atoms. The van der Waals surface area contributed by atoms with Gasteiger partial charge in [0.15, 0.2) is 0 Å². The van der Waals surface area contributed by atoms with E-state index in [-0.39, 0.29) is 0 Å². The van der Waals surface area contributed by atoms with Gasteiger partial charge in [0.1, 0.15) is 0 Å². The minimum Gasteiger partial charge on any atom is -0.383 e. The van der Waals surface area contributed by atoms with Crippen LogP contribution in [0, 0.1) is 17.3 Å². The van der Waals surface area contributed by atoms with Crippen LogP contribution in [0.4, 0.5) is 0 Å². The fraction of sp³-hybridized carbons (Fsp3) is 1.00. The van der Waals surface area contributed by atoms with Gasteiger partial charge in [0, 0.05) is 20.2 Å². The molecule has 2 aliphatic carbocycles. The summed E-state index contributed by atoms with van der Waals surface area (Å²) in [5.41, 5.74) is 0.625. The number of thioether (sulfide) groups is 1. The molecule has 0 aromatic rings. The summed E-state index contributed by atoms with van der Waals surface area (Å²) in [6, 6.07) is 0. The van der Waals surface area contributed by atoms with Gasteiger partial charge in [0.25, 0.3) is 0 Å². The average molecular weight is 257 g/mol. The van der Waals surface area contributed by atoms with Crippen LogP contribution < -0.4 is 5.32 Å². The Balaban J connectivity index is 1.84. The van der Waals surface area contributed by atoms with E-state index in [0.717, 1.165) is 25.0 Å². The fourth-order valence-electron chi connectivity index (χ4n) is 3.99. The summed E-state index contributed by atoms with van der Waals surface area (Å²) >= 11 is 2.01. The van der Waals surface area contributed by atoms with Crippen LogP contribution in [0.15, 0.2) is 0 Å². The zero-order chi connectivity index (χ0) is 12.1. The Morgan fingerprint density at radius 3 is 2.88 bits per heavy atom. The number of rotatable bonds is 8. The zero-order valence-corrected chi connectivity index (χ0v) is 12.2. The molecule has 3 unspecified atom stereocenters. The van der Waals surface area contributed by atoms with Crippen molar-refractivity contribution >= 4 is 11.8 Å². The van der Waals surface area contributed by atoms with Crippen LogP contribution in [0.1, 0.15) is 32.1 Å². The van der Waals surface area contributed by atoms with Crippen molar-refractivity contribution in [2.45, 2.75) is 32.1 Å². The highest BCUT2D eigenvalue weighted by atomic mass is 32.2. The van der Waals surface area contributed by atoms with E-state index >= 15 is 0 Å². The lowest BCUT2D eigenvalue weighted by atomic mass is 9.71. The molecule has 3 heteroatoms. The molecule has 3 atom stereocenters. The molecule has 0 amide bonds. The van der Waals surface area contributed by atoms with Crippen LogP contribution in [-0.4, -0.2) is 38.8 Å². The lowest BCUT2D eigenvalue weighted by Crippen LogP contribution is -2.40. The Kier molecular flexibility index (Phi) is 5.19. The monoisotopic (exact) mass is 257 g/mol. The fourth-order valence-corrected chi connectivity index (χ4v) is 4.60. The number of methoxy groups -OCH3 is 1. The SMILES string of the molecule is COCCNCC1(CCSC)CC2CCC1C2. The Bertz CT molecular complexity index is 236. The van der Waals surface area contributed by atoms with Crippen LogP contribution in [0.5, 0.6) is 0 Å². The van der Waals surface area contributed by atoms with E-state index in [4.69, 9.17) is 4.74 Å². The molecular formula is C14H27NOS. The van der Waals surface area contributed by atoms with Gasteiger partial charge in [-0.25, -0.2) is 0 Å². The standard InChI is InChI=1S/C14H27NOS/c1-16-7-6-15-11-14(5-8-17-2)10-12-3-4-13(14)9-12/h12-13,15H,3-11H2,1-2H3. The van der Waals surface area contributed by atoms with Crippen LogP contribution in [-0.2, 0) is 4.74 Å². The van der Waals surface area contributed by atoms with Crippen molar-refractivity contribution in [3.05, 3.63) is 0 Å². The minimum atomic E-state index is 0.625. The van der Waals surface area contributed by atoms with E-state index in [2.05, 4.69) is 11.6 Å². The number of nitrogens with one attached hydrogen (secondary N) is 1. The number of ether oxygens (including phenoxy) is 1. The second-order valence-electron chi connectivity index (χ2n) is 5.85. The van der Waals surface area contributed by atoms with Crippen LogP contribution in [0.2, 0.25) is 0 Å². The molecule has 0 radical (unpaired) electrons. The summed E-state index contributed by atoms with van der Waals surface area (Å²) in [4.78, 5) is 0. The summed E-state index contributed by atoms with van der Waals surface area (Å²) in [6.45, 7) is 3.07. The molecule has 2 nitrogen and oxygen atoms in total.